The van der Waals surface area contributed by atoms with Gasteiger partial charge in [0.1, 0.15) is 0 Å². The molecule has 0 fully saturated rings. The molecule has 0 bridgehead atoms. The molecule has 0 aromatic carbocycles. The molecule has 1 rings (SSSR count). The maximum absolute atomic E-state index is 12.6. The van der Waals surface area contributed by atoms with Crippen LogP contribution >= 0.6 is 0 Å². The standard InChI is InChI=1S/C12H15F2N3O3/c13-10(14)12(15,11(19)20)4-2-6-17-9(18)8-3-1-5-16-7-8/h1,3,5,7,10H,2,4,6,15H2,(H,17,18)(H,19,20). The SMILES string of the molecule is NC(CCCNC(=O)c1cccnc1)(C(=O)O)C(F)F. The first-order valence-electron chi connectivity index (χ1n) is 5.86. The Morgan fingerprint density at radius 2 is 2.20 bits per heavy atom. The average molecular weight is 287 g/mol. The number of rotatable bonds is 7. The zero-order valence-corrected chi connectivity index (χ0v) is 10.6. The highest BCUT2D eigenvalue weighted by molar-refractivity contribution is 5.93. The fraction of sp³-hybridized carbons (Fsp3) is 0.417. The van der Waals surface area contributed by atoms with Crippen LogP contribution in [0.5, 0.6) is 0 Å². The summed E-state index contributed by atoms with van der Waals surface area (Å²) in [7, 11) is 0. The number of pyridine rings is 1. The molecule has 1 heterocycles. The van der Waals surface area contributed by atoms with Gasteiger partial charge in [0.05, 0.1) is 5.56 Å². The fourth-order valence-electron chi connectivity index (χ4n) is 1.49. The molecule has 0 spiro atoms. The van der Waals surface area contributed by atoms with Gasteiger partial charge >= 0.3 is 5.97 Å². The van der Waals surface area contributed by atoms with Crippen molar-refractivity contribution in [3.8, 4) is 0 Å². The summed E-state index contributed by atoms with van der Waals surface area (Å²) in [5, 5.41) is 11.2. The van der Waals surface area contributed by atoms with Crippen LogP contribution in [-0.2, 0) is 4.79 Å². The van der Waals surface area contributed by atoms with Crippen molar-refractivity contribution in [3.05, 3.63) is 30.1 Å². The monoisotopic (exact) mass is 287 g/mol. The minimum atomic E-state index is -3.17. The molecule has 1 unspecified atom stereocenters. The van der Waals surface area contributed by atoms with E-state index in [0.29, 0.717) is 5.56 Å². The Labute approximate surface area is 114 Å². The number of halogens is 2. The Balaban J connectivity index is 2.42. The summed E-state index contributed by atoms with van der Waals surface area (Å²) in [6.45, 7) is 0.0483. The van der Waals surface area contributed by atoms with E-state index in [4.69, 9.17) is 10.8 Å². The molecule has 1 amide bonds. The highest BCUT2D eigenvalue weighted by atomic mass is 19.3. The van der Waals surface area contributed by atoms with E-state index in [-0.39, 0.29) is 13.0 Å². The van der Waals surface area contributed by atoms with Crippen LogP contribution in [0.3, 0.4) is 0 Å². The van der Waals surface area contributed by atoms with Gasteiger partial charge in [0, 0.05) is 18.9 Å². The van der Waals surface area contributed by atoms with Crippen molar-refractivity contribution in [3.63, 3.8) is 0 Å². The quantitative estimate of drug-likeness (QED) is 0.638. The van der Waals surface area contributed by atoms with Gasteiger partial charge in [-0.25, -0.2) is 13.6 Å². The first kappa shape index (κ1) is 16.0. The molecule has 0 aliphatic heterocycles. The van der Waals surface area contributed by atoms with E-state index in [1.54, 1.807) is 12.1 Å². The molecule has 0 aliphatic carbocycles. The Morgan fingerprint density at radius 3 is 2.70 bits per heavy atom. The zero-order chi connectivity index (χ0) is 15.2. The summed E-state index contributed by atoms with van der Waals surface area (Å²) in [6, 6.07) is 3.13. The van der Waals surface area contributed by atoms with Crippen LogP contribution in [0.1, 0.15) is 23.2 Å². The van der Waals surface area contributed by atoms with E-state index in [1.165, 1.54) is 12.4 Å². The summed E-state index contributed by atoms with van der Waals surface area (Å²) in [5.74, 6) is -2.17. The topological polar surface area (TPSA) is 105 Å². The van der Waals surface area contributed by atoms with Crippen molar-refractivity contribution in [2.24, 2.45) is 5.73 Å². The Bertz CT molecular complexity index is 470. The van der Waals surface area contributed by atoms with Crippen LogP contribution in [0, 0.1) is 0 Å². The van der Waals surface area contributed by atoms with Crippen LogP contribution in [0.25, 0.3) is 0 Å². The first-order valence-corrected chi connectivity index (χ1v) is 5.86. The number of alkyl halides is 2. The number of hydrogen-bond acceptors (Lipinski definition) is 4. The molecule has 0 saturated carbocycles. The van der Waals surface area contributed by atoms with Gasteiger partial charge in [0.15, 0.2) is 5.54 Å². The van der Waals surface area contributed by atoms with Crippen molar-refractivity contribution >= 4 is 11.9 Å². The number of carboxylic acids is 1. The zero-order valence-electron chi connectivity index (χ0n) is 10.6. The Hall–Kier alpha value is -2.09. The fourth-order valence-corrected chi connectivity index (χ4v) is 1.49. The van der Waals surface area contributed by atoms with Crippen LogP contribution in [-0.4, -0.2) is 40.5 Å². The minimum absolute atomic E-state index is 0.0269. The second-order valence-electron chi connectivity index (χ2n) is 4.25. The summed E-state index contributed by atoms with van der Waals surface area (Å²) >= 11 is 0. The summed E-state index contributed by atoms with van der Waals surface area (Å²) < 4.78 is 25.2. The summed E-state index contributed by atoms with van der Waals surface area (Å²) in [5.41, 5.74) is 2.89. The van der Waals surface area contributed by atoms with Crippen molar-refractivity contribution < 1.29 is 23.5 Å². The van der Waals surface area contributed by atoms with Gasteiger partial charge in [-0.1, -0.05) is 0 Å². The number of aliphatic carboxylic acids is 1. The van der Waals surface area contributed by atoms with E-state index >= 15 is 0 Å². The van der Waals surface area contributed by atoms with Crippen molar-refractivity contribution in [2.75, 3.05) is 6.54 Å². The van der Waals surface area contributed by atoms with Crippen molar-refractivity contribution in [2.45, 2.75) is 24.8 Å². The molecule has 1 atom stereocenters. The largest absolute Gasteiger partial charge is 0.480 e. The predicted molar refractivity (Wildman–Crippen MR) is 66.4 cm³/mol. The highest BCUT2D eigenvalue weighted by Crippen LogP contribution is 2.19. The lowest BCUT2D eigenvalue weighted by atomic mass is 9.95. The third-order valence-corrected chi connectivity index (χ3v) is 2.76. The number of hydrogen-bond donors (Lipinski definition) is 3. The Kier molecular flexibility index (Phi) is 5.51. The summed E-state index contributed by atoms with van der Waals surface area (Å²) in [4.78, 5) is 26.1. The van der Waals surface area contributed by atoms with Crippen molar-refractivity contribution in [1.29, 1.82) is 0 Å². The van der Waals surface area contributed by atoms with E-state index in [1.807, 2.05) is 0 Å². The Morgan fingerprint density at radius 1 is 1.50 bits per heavy atom. The smallest absolute Gasteiger partial charge is 0.329 e. The molecule has 20 heavy (non-hydrogen) atoms. The molecule has 0 aliphatic rings. The first-order chi connectivity index (χ1) is 9.38. The van der Waals surface area contributed by atoms with E-state index < -0.39 is 30.3 Å². The molecular formula is C12H15F2N3O3. The number of amides is 1. The van der Waals surface area contributed by atoms with Gasteiger partial charge in [-0.2, -0.15) is 0 Å². The molecule has 0 saturated heterocycles. The highest BCUT2D eigenvalue weighted by Gasteiger charge is 2.43. The lowest BCUT2D eigenvalue weighted by Crippen LogP contribution is -2.54. The van der Waals surface area contributed by atoms with Gasteiger partial charge < -0.3 is 16.2 Å². The lowest BCUT2D eigenvalue weighted by molar-refractivity contribution is -0.150. The van der Waals surface area contributed by atoms with Gasteiger partial charge in [0.2, 0.25) is 0 Å². The number of carboxylic acid groups (broad SMARTS) is 1. The second kappa shape index (κ2) is 6.90. The molecule has 110 valence electrons. The maximum atomic E-state index is 12.6. The van der Waals surface area contributed by atoms with E-state index in [2.05, 4.69) is 10.3 Å². The number of carbonyl (C=O) groups excluding carboxylic acids is 1. The second-order valence-corrected chi connectivity index (χ2v) is 4.25. The predicted octanol–water partition coefficient (Wildman–Crippen LogP) is 0.639. The number of nitrogens with zero attached hydrogens (tertiary/aromatic N) is 1. The van der Waals surface area contributed by atoms with Crippen molar-refractivity contribution in [1.82, 2.24) is 10.3 Å². The van der Waals surface area contributed by atoms with Gasteiger partial charge in [-0.3, -0.25) is 9.78 Å². The van der Waals surface area contributed by atoms with E-state index in [9.17, 15) is 18.4 Å². The third-order valence-electron chi connectivity index (χ3n) is 2.76. The van der Waals surface area contributed by atoms with Crippen LogP contribution in [0.2, 0.25) is 0 Å². The van der Waals surface area contributed by atoms with Gasteiger partial charge in [0.25, 0.3) is 12.3 Å². The molecule has 8 heteroatoms. The number of nitrogens with two attached hydrogens (primary N) is 1. The molecule has 1 aromatic heterocycles. The van der Waals surface area contributed by atoms with Gasteiger partial charge in [-0.15, -0.1) is 0 Å². The number of carbonyl (C=O) groups is 2. The maximum Gasteiger partial charge on any atom is 0.329 e. The molecule has 6 nitrogen and oxygen atoms in total. The molecule has 4 N–H and O–H groups in total. The van der Waals surface area contributed by atoms with Crippen LogP contribution in [0.4, 0.5) is 8.78 Å². The van der Waals surface area contributed by atoms with Crippen LogP contribution < -0.4 is 11.1 Å². The minimum Gasteiger partial charge on any atom is -0.480 e. The molecule has 0 radical (unpaired) electrons. The normalized spacial score (nSPS) is 13.8. The molecular weight excluding hydrogens is 272 g/mol. The third kappa shape index (κ3) is 3.95. The van der Waals surface area contributed by atoms with Gasteiger partial charge in [-0.05, 0) is 25.0 Å². The molecule has 1 aromatic rings. The lowest BCUT2D eigenvalue weighted by Gasteiger charge is -2.23. The van der Waals surface area contributed by atoms with E-state index in [0.717, 1.165) is 0 Å². The number of aromatic nitrogens is 1. The summed E-state index contributed by atoms with van der Waals surface area (Å²) in [6.07, 6.45) is -0.713. The average Bonchev–Trinajstić information content (AvgIpc) is 2.43. The van der Waals surface area contributed by atoms with Crippen LogP contribution in [0.15, 0.2) is 24.5 Å². The number of nitrogens with one attached hydrogen (secondary N) is 1.